The van der Waals surface area contributed by atoms with Gasteiger partial charge >= 0.3 is 25.2 Å². The molecule has 0 radical (unpaired) electrons. The standard InChI is InChI=1S/C45H43F4N4O11P/c1-26(22-39(55)52-36-20-13-29-4-3-5-32-23-37(53(40(29)32)42(36)57)41(56)51-27(2)6-21-38(50)54)28-7-14-33(15-8-28)45(48,49)65(60,63-24-61-43(58)30-9-16-34(46)17-10-30)64-25-62-44(59)31-11-18-35(47)19-12-31/h3-5,7-12,14-19,22,27,36-37H,6,13,20-21,23-25H2,1-2H3,(H2,50,54)(H,51,56)(H,52,55)/b26-22+/t27?,36-,37-/m0/s1. The van der Waals surface area contributed by atoms with Crippen molar-refractivity contribution in [2.75, 3.05) is 18.5 Å². The zero-order valence-electron chi connectivity index (χ0n) is 34.9. The van der Waals surface area contributed by atoms with Gasteiger partial charge in [0.2, 0.25) is 37.2 Å². The van der Waals surface area contributed by atoms with Crippen molar-refractivity contribution < 1.29 is 69.4 Å². The van der Waals surface area contributed by atoms with Gasteiger partial charge in [-0.1, -0.05) is 42.5 Å². The number of allylic oxidation sites excluding steroid dienone is 1. The first-order valence-electron chi connectivity index (χ1n) is 20.1. The molecule has 2 aliphatic rings. The molecule has 4 N–H and O–H groups in total. The minimum absolute atomic E-state index is 0.0621. The number of hydrogen-bond acceptors (Lipinski definition) is 11. The lowest BCUT2D eigenvalue weighted by atomic mass is 10.0. The first-order chi connectivity index (χ1) is 30.9. The molecule has 1 unspecified atom stereocenters. The fraction of sp³-hybridized carbons (Fsp3) is 0.289. The number of carbonyl (C=O) groups is 6. The fourth-order valence-corrected chi connectivity index (χ4v) is 8.41. The van der Waals surface area contributed by atoms with E-state index in [9.17, 15) is 42.1 Å². The Morgan fingerprint density at radius 3 is 1.94 bits per heavy atom. The summed E-state index contributed by atoms with van der Waals surface area (Å²) in [4.78, 5) is 78.6. The van der Waals surface area contributed by atoms with E-state index in [0.717, 1.165) is 77.9 Å². The Hall–Kier alpha value is -6.69. The Morgan fingerprint density at radius 1 is 0.846 bits per heavy atom. The molecule has 65 heavy (non-hydrogen) atoms. The molecule has 0 saturated carbocycles. The van der Waals surface area contributed by atoms with Gasteiger partial charge < -0.3 is 25.8 Å². The topological polar surface area (TPSA) is 210 Å². The lowest BCUT2D eigenvalue weighted by Crippen LogP contribution is -2.55. The number of aryl methyl sites for hydroxylation is 1. The van der Waals surface area contributed by atoms with Crippen LogP contribution in [0.2, 0.25) is 0 Å². The normalized spacial score (nSPS) is 16.5. The van der Waals surface area contributed by atoms with Gasteiger partial charge in [0, 0.05) is 30.5 Å². The molecule has 2 aliphatic heterocycles. The number of nitrogens with one attached hydrogen (secondary N) is 2. The quantitative estimate of drug-likeness (QED) is 0.0326. The third-order valence-electron chi connectivity index (χ3n) is 10.6. The summed E-state index contributed by atoms with van der Waals surface area (Å²) in [7, 11) is -5.76. The summed E-state index contributed by atoms with van der Waals surface area (Å²) in [6.45, 7) is 0.540. The number of amides is 4. The van der Waals surface area contributed by atoms with Crippen molar-refractivity contribution in [3.05, 3.63) is 142 Å². The van der Waals surface area contributed by atoms with Crippen molar-refractivity contribution in [3.8, 4) is 0 Å². The molecule has 4 aromatic carbocycles. The van der Waals surface area contributed by atoms with Crippen molar-refractivity contribution in [2.24, 2.45) is 5.73 Å². The summed E-state index contributed by atoms with van der Waals surface area (Å²) < 4.78 is 92.3. The van der Waals surface area contributed by atoms with Crippen LogP contribution in [-0.4, -0.2) is 67.3 Å². The van der Waals surface area contributed by atoms with Crippen LogP contribution in [0, 0.1) is 11.6 Å². The van der Waals surface area contributed by atoms with E-state index in [4.69, 9.17) is 24.3 Å². The molecule has 15 nitrogen and oxygen atoms in total. The number of carbonyl (C=O) groups excluding carboxylic acids is 6. The van der Waals surface area contributed by atoms with E-state index in [-0.39, 0.29) is 41.5 Å². The van der Waals surface area contributed by atoms with E-state index in [0.29, 0.717) is 18.5 Å². The van der Waals surface area contributed by atoms with Gasteiger partial charge in [-0.3, -0.25) is 37.7 Å². The number of halogens is 4. The summed E-state index contributed by atoms with van der Waals surface area (Å²) >= 11 is 0. The maximum atomic E-state index is 16.2. The lowest BCUT2D eigenvalue weighted by molar-refractivity contribution is -0.128. The second-order valence-electron chi connectivity index (χ2n) is 15.2. The number of para-hydroxylation sites is 1. The minimum atomic E-state index is -5.76. The van der Waals surface area contributed by atoms with Crippen molar-refractivity contribution >= 4 is 54.4 Å². The highest BCUT2D eigenvalue weighted by Gasteiger charge is 2.56. The second-order valence-corrected chi connectivity index (χ2v) is 17.3. The molecular weight excluding hydrogens is 879 g/mol. The number of nitrogens with two attached hydrogens (primary N) is 1. The second kappa shape index (κ2) is 20.4. The predicted molar refractivity (Wildman–Crippen MR) is 225 cm³/mol. The van der Waals surface area contributed by atoms with Crippen LogP contribution in [0.15, 0.2) is 97.1 Å². The fourth-order valence-electron chi connectivity index (χ4n) is 7.17. The number of anilines is 1. The Labute approximate surface area is 369 Å². The molecule has 0 bridgehead atoms. The first kappa shape index (κ1) is 47.8. The van der Waals surface area contributed by atoms with Crippen LogP contribution < -0.4 is 21.3 Å². The van der Waals surface area contributed by atoms with Crippen LogP contribution >= 0.6 is 7.60 Å². The highest BCUT2D eigenvalue weighted by molar-refractivity contribution is 7.54. The number of alkyl halides is 2. The van der Waals surface area contributed by atoms with Crippen LogP contribution in [0.5, 0.6) is 0 Å². The Kier molecular flexibility index (Phi) is 15.0. The number of rotatable bonds is 18. The number of primary amides is 1. The molecule has 0 aromatic heterocycles. The molecule has 20 heteroatoms. The van der Waals surface area contributed by atoms with Gasteiger partial charge in [-0.25, -0.2) is 18.4 Å². The van der Waals surface area contributed by atoms with Crippen molar-refractivity contribution in [3.63, 3.8) is 0 Å². The van der Waals surface area contributed by atoms with Gasteiger partial charge in [0.25, 0.3) is 0 Å². The van der Waals surface area contributed by atoms with Crippen LogP contribution in [0.1, 0.15) is 76.1 Å². The van der Waals surface area contributed by atoms with Gasteiger partial charge in [-0.2, -0.15) is 8.78 Å². The molecule has 0 spiro atoms. The highest BCUT2D eigenvalue weighted by Crippen LogP contribution is 2.67. The maximum Gasteiger partial charge on any atom is 0.410 e. The molecule has 4 amide bonds. The summed E-state index contributed by atoms with van der Waals surface area (Å²) in [5.41, 5.74) is 2.22. The van der Waals surface area contributed by atoms with Gasteiger partial charge in [-0.15, -0.1) is 0 Å². The summed E-state index contributed by atoms with van der Waals surface area (Å²) in [6.07, 6.45) is 2.37. The molecular formula is C45H43F4N4O11P. The summed E-state index contributed by atoms with van der Waals surface area (Å²) in [6, 6.07) is 15.2. The first-order valence-corrected chi connectivity index (χ1v) is 21.7. The van der Waals surface area contributed by atoms with Gasteiger partial charge in [-0.05, 0) is 104 Å². The largest absolute Gasteiger partial charge is 0.434 e. The van der Waals surface area contributed by atoms with Gasteiger partial charge in [0.05, 0.1) is 16.8 Å². The molecule has 3 atom stereocenters. The molecule has 0 fully saturated rings. The van der Waals surface area contributed by atoms with E-state index in [1.165, 1.54) is 24.0 Å². The van der Waals surface area contributed by atoms with Crippen molar-refractivity contribution in [1.82, 2.24) is 10.6 Å². The number of benzene rings is 4. The SMILES string of the molecule is C/C(=C\C(=O)N[C@H]1CCc2cccc3c2N(C1=O)[C@H](C(=O)NC(C)CCC(N)=O)C3)c1ccc(C(F)(F)P(=O)(OCOC(=O)c2ccc(F)cc2)OCOC(=O)c2ccc(F)cc2)cc1. The van der Waals surface area contributed by atoms with E-state index >= 15 is 8.78 Å². The third kappa shape index (κ3) is 11.3. The monoisotopic (exact) mass is 922 g/mol. The maximum absolute atomic E-state index is 16.2. The van der Waals surface area contributed by atoms with E-state index in [1.54, 1.807) is 6.92 Å². The molecule has 0 saturated heterocycles. The smallest absolute Gasteiger partial charge is 0.410 e. The number of ether oxygens (including phenoxy) is 2. The predicted octanol–water partition coefficient (Wildman–Crippen LogP) is 6.43. The van der Waals surface area contributed by atoms with Crippen molar-refractivity contribution in [1.29, 1.82) is 0 Å². The minimum Gasteiger partial charge on any atom is -0.434 e. The number of esters is 2. The van der Waals surface area contributed by atoms with Crippen molar-refractivity contribution in [2.45, 2.75) is 69.7 Å². The van der Waals surface area contributed by atoms with Crippen LogP contribution in [0.25, 0.3) is 5.57 Å². The molecule has 342 valence electrons. The van der Waals surface area contributed by atoms with E-state index in [1.807, 2.05) is 18.2 Å². The van der Waals surface area contributed by atoms with Crippen LogP contribution in [0.3, 0.4) is 0 Å². The van der Waals surface area contributed by atoms with Crippen LogP contribution in [0.4, 0.5) is 23.2 Å². The Morgan fingerprint density at radius 2 is 1.38 bits per heavy atom. The number of hydrogen-bond donors (Lipinski definition) is 3. The van der Waals surface area contributed by atoms with Gasteiger partial charge in [0.15, 0.2) is 0 Å². The van der Waals surface area contributed by atoms with E-state index in [2.05, 4.69) is 10.6 Å². The molecule has 4 aromatic rings. The third-order valence-corrected chi connectivity index (χ3v) is 12.4. The van der Waals surface area contributed by atoms with E-state index < -0.39 is 97.7 Å². The summed E-state index contributed by atoms with van der Waals surface area (Å²) in [5, 5.41) is 5.57. The Bertz CT molecular complexity index is 2470. The zero-order valence-corrected chi connectivity index (χ0v) is 35.8. The average Bonchev–Trinajstić information content (AvgIpc) is 3.61. The molecule has 6 rings (SSSR count). The summed E-state index contributed by atoms with van der Waals surface area (Å²) in [5.74, 6) is -5.77. The zero-order chi connectivity index (χ0) is 47.1. The van der Waals surface area contributed by atoms with Crippen LogP contribution in [-0.2, 0) is 60.8 Å². The molecule has 0 aliphatic carbocycles. The number of nitrogens with zero attached hydrogens (tertiary/aromatic N) is 1. The lowest BCUT2D eigenvalue weighted by Gasteiger charge is -2.28. The Balaban J connectivity index is 1.14. The average molecular weight is 923 g/mol. The molecule has 2 heterocycles. The van der Waals surface area contributed by atoms with Gasteiger partial charge in [0.1, 0.15) is 23.7 Å². The highest BCUT2D eigenvalue weighted by atomic mass is 31.2.